The van der Waals surface area contributed by atoms with Crippen molar-refractivity contribution in [2.45, 2.75) is 32.6 Å². The van der Waals surface area contributed by atoms with Crippen LogP contribution in [0.5, 0.6) is 0 Å². The van der Waals surface area contributed by atoms with E-state index < -0.39 is 11.6 Å². The maximum absolute atomic E-state index is 14.3. The van der Waals surface area contributed by atoms with Crippen molar-refractivity contribution in [1.29, 1.82) is 0 Å². The Balaban J connectivity index is 2.03. The third-order valence-electron chi connectivity index (χ3n) is 4.43. The standard InChI is InChI=1S/C18H17F3/c1-2-11-3-4-12-8-15(17(20)10-14(12)7-11)13-5-6-16(19)18(21)9-13/h5-6,8-11H,2-4,7H2,1H3. The lowest BCUT2D eigenvalue weighted by molar-refractivity contribution is 0.443. The van der Waals surface area contributed by atoms with E-state index in [-0.39, 0.29) is 5.82 Å². The Morgan fingerprint density at radius 1 is 0.952 bits per heavy atom. The molecule has 1 aliphatic carbocycles. The lowest BCUT2D eigenvalue weighted by Gasteiger charge is -2.24. The van der Waals surface area contributed by atoms with E-state index in [1.807, 2.05) is 0 Å². The monoisotopic (exact) mass is 290 g/mol. The second kappa shape index (κ2) is 5.55. The predicted molar refractivity (Wildman–Crippen MR) is 77.6 cm³/mol. The van der Waals surface area contributed by atoms with Crippen LogP contribution in [-0.4, -0.2) is 0 Å². The number of fused-ring (bicyclic) bond motifs is 1. The minimum absolute atomic E-state index is 0.350. The Morgan fingerprint density at radius 3 is 2.48 bits per heavy atom. The molecule has 0 nitrogen and oxygen atoms in total. The molecule has 21 heavy (non-hydrogen) atoms. The SMILES string of the molecule is CCC1CCc2cc(-c3ccc(F)c(F)c3)c(F)cc2C1. The molecule has 0 bridgehead atoms. The van der Waals surface area contributed by atoms with Crippen LogP contribution in [0.25, 0.3) is 11.1 Å². The van der Waals surface area contributed by atoms with E-state index in [0.29, 0.717) is 17.0 Å². The number of aryl methyl sites for hydroxylation is 1. The van der Waals surface area contributed by atoms with Gasteiger partial charge in [-0.15, -0.1) is 0 Å². The van der Waals surface area contributed by atoms with Crippen molar-refractivity contribution < 1.29 is 13.2 Å². The predicted octanol–water partition coefficient (Wildman–Crippen LogP) is 5.29. The van der Waals surface area contributed by atoms with Crippen LogP contribution in [0.15, 0.2) is 30.3 Å². The van der Waals surface area contributed by atoms with Crippen molar-refractivity contribution >= 4 is 0 Å². The first-order valence-corrected chi connectivity index (χ1v) is 7.35. The fourth-order valence-electron chi connectivity index (χ4n) is 3.09. The summed E-state index contributed by atoms with van der Waals surface area (Å²) < 4.78 is 40.6. The first-order chi connectivity index (χ1) is 10.1. The van der Waals surface area contributed by atoms with E-state index in [0.717, 1.165) is 48.9 Å². The average Bonchev–Trinajstić information content (AvgIpc) is 2.49. The van der Waals surface area contributed by atoms with Crippen molar-refractivity contribution in [3.05, 3.63) is 58.9 Å². The van der Waals surface area contributed by atoms with Crippen molar-refractivity contribution in [2.24, 2.45) is 5.92 Å². The molecule has 1 aliphatic rings. The average molecular weight is 290 g/mol. The van der Waals surface area contributed by atoms with Gasteiger partial charge in [-0.25, -0.2) is 13.2 Å². The number of halogens is 3. The van der Waals surface area contributed by atoms with Crippen LogP contribution in [0.2, 0.25) is 0 Å². The molecule has 2 aromatic carbocycles. The summed E-state index contributed by atoms with van der Waals surface area (Å²) >= 11 is 0. The van der Waals surface area contributed by atoms with Crippen molar-refractivity contribution in [1.82, 2.24) is 0 Å². The van der Waals surface area contributed by atoms with E-state index in [9.17, 15) is 13.2 Å². The van der Waals surface area contributed by atoms with Gasteiger partial charge >= 0.3 is 0 Å². The van der Waals surface area contributed by atoms with Crippen LogP contribution < -0.4 is 0 Å². The quantitative estimate of drug-likeness (QED) is 0.705. The fourth-order valence-corrected chi connectivity index (χ4v) is 3.09. The summed E-state index contributed by atoms with van der Waals surface area (Å²) in [6, 6.07) is 6.87. The molecular weight excluding hydrogens is 273 g/mol. The molecule has 0 spiro atoms. The highest BCUT2D eigenvalue weighted by Gasteiger charge is 2.20. The number of hydrogen-bond donors (Lipinski definition) is 0. The van der Waals surface area contributed by atoms with E-state index >= 15 is 0 Å². The third-order valence-corrected chi connectivity index (χ3v) is 4.43. The Kier molecular flexibility index (Phi) is 3.75. The number of hydrogen-bond acceptors (Lipinski definition) is 0. The minimum Gasteiger partial charge on any atom is -0.206 e. The Hall–Kier alpha value is -1.77. The summed E-state index contributed by atoms with van der Waals surface area (Å²) in [7, 11) is 0. The Morgan fingerprint density at radius 2 is 1.76 bits per heavy atom. The Labute approximate surface area is 122 Å². The summed E-state index contributed by atoms with van der Waals surface area (Å²) in [6.45, 7) is 2.15. The van der Waals surface area contributed by atoms with Gasteiger partial charge in [0.15, 0.2) is 11.6 Å². The van der Waals surface area contributed by atoms with E-state index in [1.54, 1.807) is 12.1 Å². The summed E-state index contributed by atoms with van der Waals surface area (Å²) in [5.41, 5.74) is 2.91. The smallest absolute Gasteiger partial charge is 0.159 e. The molecule has 0 fully saturated rings. The zero-order valence-corrected chi connectivity index (χ0v) is 11.9. The summed E-state index contributed by atoms with van der Waals surface area (Å²) in [6.07, 6.45) is 4.03. The van der Waals surface area contributed by atoms with Gasteiger partial charge in [-0.3, -0.25) is 0 Å². The normalized spacial score (nSPS) is 17.6. The summed E-state index contributed by atoms with van der Waals surface area (Å²) in [4.78, 5) is 0. The van der Waals surface area contributed by atoms with Gasteiger partial charge in [-0.1, -0.05) is 19.4 Å². The van der Waals surface area contributed by atoms with E-state index in [1.165, 1.54) is 6.07 Å². The molecule has 1 unspecified atom stereocenters. The van der Waals surface area contributed by atoms with Crippen molar-refractivity contribution in [3.63, 3.8) is 0 Å². The van der Waals surface area contributed by atoms with Crippen LogP contribution in [0, 0.1) is 23.4 Å². The maximum Gasteiger partial charge on any atom is 0.159 e. The highest BCUT2D eigenvalue weighted by atomic mass is 19.2. The molecular formula is C18H17F3. The highest BCUT2D eigenvalue weighted by Crippen LogP contribution is 2.33. The largest absolute Gasteiger partial charge is 0.206 e. The summed E-state index contributed by atoms with van der Waals surface area (Å²) in [5.74, 6) is -1.61. The second-order valence-electron chi connectivity index (χ2n) is 5.75. The minimum atomic E-state index is -0.948. The second-order valence-corrected chi connectivity index (χ2v) is 5.75. The zero-order chi connectivity index (χ0) is 15.0. The number of benzene rings is 2. The molecule has 1 atom stereocenters. The lowest BCUT2D eigenvalue weighted by Crippen LogP contribution is -2.14. The van der Waals surface area contributed by atoms with Crippen LogP contribution in [0.3, 0.4) is 0 Å². The van der Waals surface area contributed by atoms with E-state index in [2.05, 4.69) is 6.92 Å². The molecule has 0 heterocycles. The van der Waals surface area contributed by atoms with Crippen LogP contribution >= 0.6 is 0 Å². The van der Waals surface area contributed by atoms with Crippen LogP contribution in [-0.2, 0) is 12.8 Å². The van der Waals surface area contributed by atoms with Gasteiger partial charge in [0.1, 0.15) is 5.82 Å². The van der Waals surface area contributed by atoms with Crippen molar-refractivity contribution in [2.75, 3.05) is 0 Å². The van der Waals surface area contributed by atoms with Crippen molar-refractivity contribution in [3.8, 4) is 11.1 Å². The van der Waals surface area contributed by atoms with E-state index in [4.69, 9.17) is 0 Å². The van der Waals surface area contributed by atoms with Gasteiger partial charge in [0.2, 0.25) is 0 Å². The van der Waals surface area contributed by atoms with Gasteiger partial charge < -0.3 is 0 Å². The van der Waals surface area contributed by atoms with Crippen LogP contribution in [0.1, 0.15) is 30.9 Å². The highest BCUT2D eigenvalue weighted by molar-refractivity contribution is 5.66. The van der Waals surface area contributed by atoms with Gasteiger partial charge in [0.25, 0.3) is 0 Å². The van der Waals surface area contributed by atoms with Gasteiger partial charge in [0, 0.05) is 5.56 Å². The first kappa shape index (κ1) is 14.2. The van der Waals surface area contributed by atoms with Gasteiger partial charge in [0.05, 0.1) is 0 Å². The fraction of sp³-hybridized carbons (Fsp3) is 0.333. The van der Waals surface area contributed by atoms with Crippen LogP contribution in [0.4, 0.5) is 13.2 Å². The zero-order valence-electron chi connectivity index (χ0n) is 11.9. The molecule has 0 saturated heterocycles. The van der Waals surface area contributed by atoms with Gasteiger partial charge in [-0.05, 0) is 66.1 Å². The molecule has 0 aliphatic heterocycles. The first-order valence-electron chi connectivity index (χ1n) is 7.35. The topological polar surface area (TPSA) is 0 Å². The molecule has 0 N–H and O–H groups in total. The molecule has 0 aromatic heterocycles. The third kappa shape index (κ3) is 2.69. The molecule has 2 aromatic rings. The molecule has 3 heteroatoms. The lowest BCUT2D eigenvalue weighted by atomic mass is 9.81. The number of rotatable bonds is 2. The Bertz CT molecular complexity index is 676. The summed E-state index contributed by atoms with van der Waals surface area (Å²) in [5, 5.41) is 0. The molecule has 0 radical (unpaired) electrons. The molecule has 0 amide bonds. The maximum atomic E-state index is 14.3. The molecule has 110 valence electrons. The molecule has 3 rings (SSSR count). The molecule has 0 saturated carbocycles. The van der Waals surface area contributed by atoms with Gasteiger partial charge in [-0.2, -0.15) is 0 Å².